The highest BCUT2D eigenvalue weighted by Crippen LogP contribution is 2.44. The Kier molecular flexibility index (Phi) is 4.11. The average molecular weight is 348 g/mol. The second-order valence-electron chi connectivity index (χ2n) is 6.97. The van der Waals surface area contributed by atoms with Gasteiger partial charge in [0.25, 0.3) is 0 Å². The molecule has 1 amide bonds. The van der Waals surface area contributed by atoms with Gasteiger partial charge in [-0.25, -0.2) is 4.39 Å². The van der Waals surface area contributed by atoms with Crippen LogP contribution in [0.25, 0.3) is 0 Å². The number of amides is 1. The molecule has 3 heterocycles. The van der Waals surface area contributed by atoms with Gasteiger partial charge in [0, 0.05) is 31.9 Å². The monoisotopic (exact) mass is 348 g/mol. The second kappa shape index (κ2) is 6.29. The van der Waals surface area contributed by atoms with Crippen LogP contribution in [-0.2, 0) is 14.3 Å². The first-order chi connectivity index (χ1) is 12.0. The molecule has 0 aliphatic carbocycles. The number of piperazine rings is 1. The molecule has 3 aliphatic rings. The molecule has 0 saturated carbocycles. The van der Waals surface area contributed by atoms with Gasteiger partial charge < -0.3 is 19.6 Å². The Hall–Kier alpha value is -2.15. The van der Waals surface area contributed by atoms with Crippen molar-refractivity contribution in [3.63, 3.8) is 0 Å². The minimum absolute atomic E-state index is 0.0987. The highest BCUT2D eigenvalue weighted by molar-refractivity contribution is 5.86. The number of ether oxygens (including phenoxy) is 1. The number of carbonyl (C=O) groups excluding carboxylic acids is 1. The van der Waals surface area contributed by atoms with Crippen molar-refractivity contribution in [1.29, 1.82) is 0 Å². The van der Waals surface area contributed by atoms with Crippen LogP contribution in [0.1, 0.15) is 12.8 Å². The predicted molar refractivity (Wildman–Crippen MR) is 87.7 cm³/mol. The molecule has 6 nitrogen and oxygen atoms in total. The zero-order chi connectivity index (χ0) is 17.6. The number of nitrogens with zero attached hydrogens (tertiary/aromatic N) is 2. The maximum absolute atomic E-state index is 13.0. The number of hydrogen-bond donors (Lipinski definition) is 1. The lowest BCUT2D eigenvalue weighted by molar-refractivity contribution is -0.151. The molecule has 1 N–H and O–H groups in total. The standard InChI is InChI=1S/C18H21FN2O4/c19-11-1-3-12(4-2-11)20-7-9-21(10-8-20)17(22)15-13-5-6-14(25-13)16(15)18(23)24/h1-4,13-16H,5-10H2,(H,23,24)/t13-,14-,15-,16-/m0/s1. The normalized spacial score (nSPS) is 31.4. The largest absolute Gasteiger partial charge is 0.481 e. The van der Waals surface area contributed by atoms with Crippen molar-refractivity contribution in [1.82, 2.24) is 4.90 Å². The summed E-state index contributed by atoms with van der Waals surface area (Å²) >= 11 is 0. The number of anilines is 1. The molecule has 0 spiro atoms. The van der Waals surface area contributed by atoms with Crippen LogP contribution in [0.5, 0.6) is 0 Å². The number of aliphatic carboxylic acids is 1. The zero-order valence-corrected chi connectivity index (χ0v) is 13.8. The van der Waals surface area contributed by atoms with Crippen molar-refractivity contribution in [2.75, 3.05) is 31.1 Å². The van der Waals surface area contributed by atoms with Gasteiger partial charge in [0.1, 0.15) is 5.82 Å². The van der Waals surface area contributed by atoms with Crippen LogP contribution in [0.15, 0.2) is 24.3 Å². The van der Waals surface area contributed by atoms with E-state index in [1.54, 1.807) is 17.0 Å². The molecule has 1 aromatic carbocycles. The lowest BCUT2D eigenvalue weighted by Crippen LogP contribution is -2.53. The SMILES string of the molecule is O=C(O)[C@@H]1[C@@H](C(=O)N2CCN(c3ccc(F)cc3)CC2)[C@@H]2CC[C@@H]1O2. The summed E-state index contributed by atoms with van der Waals surface area (Å²) in [6.45, 7) is 2.38. The van der Waals surface area contributed by atoms with Crippen LogP contribution in [0, 0.1) is 17.7 Å². The fraction of sp³-hybridized carbons (Fsp3) is 0.556. The van der Waals surface area contributed by atoms with Crippen LogP contribution in [-0.4, -0.2) is 60.3 Å². The Morgan fingerprint density at radius 3 is 2.20 bits per heavy atom. The molecule has 134 valence electrons. The fourth-order valence-corrected chi connectivity index (χ4v) is 4.35. The molecule has 0 unspecified atom stereocenters. The van der Waals surface area contributed by atoms with Crippen LogP contribution in [0.3, 0.4) is 0 Å². The van der Waals surface area contributed by atoms with Crippen molar-refractivity contribution in [3.05, 3.63) is 30.1 Å². The lowest BCUT2D eigenvalue weighted by Gasteiger charge is -2.38. The molecule has 3 saturated heterocycles. The summed E-state index contributed by atoms with van der Waals surface area (Å²) in [5, 5.41) is 9.48. The average Bonchev–Trinajstić information content (AvgIpc) is 3.23. The number of fused-ring (bicyclic) bond motifs is 2. The van der Waals surface area contributed by atoms with Crippen LogP contribution >= 0.6 is 0 Å². The van der Waals surface area contributed by atoms with Gasteiger partial charge in [0.2, 0.25) is 5.91 Å². The highest BCUT2D eigenvalue weighted by atomic mass is 19.1. The van der Waals surface area contributed by atoms with Crippen LogP contribution < -0.4 is 4.90 Å². The van der Waals surface area contributed by atoms with Gasteiger partial charge in [0.15, 0.2) is 0 Å². The Balaban J connectivity index is 1.41. The van der Waals surface area contributed by atoms with Gasteiger partial charge in [-0.05, 0) is 37.1 Å². The molecular formula is C18H21FN2O4. The first kappa shape index (κ1) is 16.3. The van der Waals surface area contributed by atoms with E-state index < -0.39 is 17.8 Å². The molecule has 7 heteroatoms. The summed E-state index contributed by atoms with van der Waals surface area (Å²) in [5.74, 6) is -2.59. The number of halogens is 1. The Bertz CT molecular complexity index is 672. The molecule has 4 atom stereocenters. The third-order valence-corrected chi connectivity index (χ3v) is 5.63. The molecule has 25 heavy (non-hydrogen) atoms. The molecular weight excluding hydrogens is 327 g/mol. The van der Waals surface area contributed by atoms with Gasteiger partial charge in [-0.2, -0.15) is 0 Å². The Morgan fingerprint density at radius 2 is 1.60 bits per heavy atom. The summed E-state index contributed by atoms with van der Waals surface area (Å²) < 4.78 is 18.7. The Morgan fingerprint density at radius 1 is 1.00 bits per heavy atom. The van der Waals surface area contributed by atoms with Gasteiger partial charge in [0.05, 0.1) is 24.0 Å². The smallest absolute Gasteiger partial charge is 0.310 e. The van der Waals surface area contributed by atoms with Crippen LogP contribution in [0.2, 0.25) is 0 Å². The molecule has 4 rings (SSSR count). The molecule has 0 radical (unpaired) electrons. The van der Waals surface area contributed by atoms with E-state index in [9.17, 15) is 19.1 Å². The molecule has 3 fully saturated rings. The maximum Gasteiger partial charge on any atom is 0.310 e. The first-order valence-corrected chi connectivity index (χ1v) is 8.72. The van der Waals surface area contributed by atoms with Gasteiger partial charge in [-0.1, -0.05) is 0 Å². The van der Waals surface area contributed by atoms with E-state index >= 15 is 0 Å². The number of benzene rings is 1. The van der Waals surface area contributed by atoms with Gasteiger partial charge >= 0.3 is 5.97 Å². The quantitative estimate of drug-likeness (QED) is 0.893. The number of carboxylic acid groups (broad SMARTS) is 1. The predicted octanol–water partition coefficient (Wildman–Crippen LogP) is 1.35. The van der Waals surface area contributed by atoms with Gasteiger partial charge in [-0.3, -0.25) is 9.59 Å². The number of rotatable bonds is 3. The maximum atomic E-state index is 13.0. The molecule has 1 aromatic rings. The van der Waals surface area contributed by atoms with Crippen molar-refractivity contribution in [2.45, 2.75) is 25.0 Å². The summed E-state index contributed by atoms with van der Waals surface area (Å²) in [4.78, 5) is 28.3. The van der Waals surface area contributed by atoms with Crippen molar-refractivity contribution in [3.8, 4) is 0 Å². The minimum Gasteiger partial charge on any atom is -0.481 e. The summed E-state index contributed by atoms with van der Waals surface area (Å²) in [6, 6.07) is 6.32. The summed E-state index contributed by atoms with van der Waals surface area (Å²) in [6.07, 6.45) is 0.912. The van der Waals surface area contributed by atoms with Crippen molar-refractivity contribution in [2.24, 2.45) is 11.8 Å². The van der Waals surface area contributed by atoms with E-state index in [1.165, 1.54) is 12.1 Å². The number of hydrogen-bond acceptors (Lipinski definition) is 4. The zero-order valence-electron chi connectivity index (χ0n) is 13.8. The minimum atomic E-state index is -0.935. The summed E-state index contributed by atoms with van der Waals surface area (Å²) in [7, 11) is 0. The lowest BCUT2D eigenvalue weighted by atomic mass is 9.78. The van der Waals surface area contributed by atoms with Crippen LogP contribution in [0.4, 0.5) is 10.1 Å². The van der Waals surface area contributed by atoms with E-state index in [4.69, 9.17) is 4.74 Å². The van der Waals surface area contributed by atoms with Gasteiger partial charge in [-0.15, -0.1) is 0 Å². The third-order valence-electron chi connectivity index (χ3n) is 5.63. The van der Waals surface area contributed by atoms with Crippen molar-refractivity contribution < 1.29 is 23.8 Å². The van der Waals surface area contributed by atoms with E-state index in [0.29, 0.717) is 26.2 Å². The van der Waals surface area contributed by atoms with E-state index in [2.05, 4.69) is 4.90 Å². The Labute approximate surface area is 145 Å². The molecule has 2 bridgehead atoms. The number of carbonyl (C=O) groups is 2. The second-order valence-corrected chi connectivity index (χ2v) is 6.97. The molecule has 0 aromatic heterocycles. The number of carboxylic acids is 1. The van der Waals surface area contributed by atoms with E-state index in [-0.39, 0.29) is 23.9 Å². The first-order valence-electron chi connectivity index (χ1n) is 8.72. The highest BCUT2D eigenvalue weighted by Gasteiger charge is 2.56. The van der Waals surface area contributed by atoms with E-state index in [0.717, 1.165) is 18.5 Å². The topological polar surface area (TPSA) is 70.1 Å². The van der Waals surface area contributed by atoms with E-state index in [1.807, 2.05) is 0 Å². The third kappa shape index (κ3) is 2.86. The fourth-order valence-electron chi connectivity index (χ4n) is 4.35. The van der Waals surface area contributed by atoms with Crippen molar-refractivity contribution >= 4 is 17.6 Å². The summed E-state index contributed by atoms with van der Waals surface area (Å²) in [5.41, 5.74) is 0.931. The molecule has 3 aliphatic heterocycles.